The van der Waals surface area contributed by atoms with E-state index in [1.807, 2.05) is 0 Å². The van der Waals surface area contributed by atoms with Gasteiger partial charge in [0.05, 0.1) is 19.3 Å². The highest BCUT2D eigenvalue weighted by molar-refractivity contribution is 4.72. The van der Waals surface area contributed by atoms with Gasteiger partial charge in [-0.1, -0.05) is 6.92 Å². The highest BCUT2D eigenvalue weighted by Crippen LogP contribution is 2.26. The van der Waals surface area contributed by atoms with Gasteiger partial charge in [0.2, 0.25) is 0 Å². The van der Waals surface area contributed by atoms with Crippen LogP contribution in [0.5, 0.6) is 0 Å². The van der Waals surface area contributed by atoms with Gasteiger partial charge in [0.25, 0.3) is 0 Å². The van der Waals surface area contributed by atoms with Gasteiger partial charge in [0.1, 0.15) is 0 Å². The zero-order valence-corrected chi connectivity index (χ0v) is 7.51. The van der Waals surface area contributed by atoms with E-state index >= 15 is 0 Å². The first-order chi connectivity index (χ1) is 5.33. The largest absolute Gasteiger partial charge is 0.382 e. The molecule has 11 heavy (non-hydrogen) atoms. The second kappa shape index (κ2) is 4.73. The summed E-state index contributed by atoms with van der Waals surface area (Å²) in [6.07, 6.45) is 4.33. The molecule has 2 atom stereocenters. The Morgan fingerprint density at radius 2 is 2.09 bits per heavy atom. The summed E-state index contributed by atoms with van der Waals surface area (Å²) in [5.74, 6) is 0.863. The molecule has 0 bridgehead atoms. The third kappa shape index (κ3) is 3.21. The van der Waals surface area contributed by atoms with Crippen molar-refractivity contribution in [2.75, 3.05) is 20.3 Å². The van der Waals surface area contributed by atoms with Crippen LogP contribution < -0.4 is 0 Å². The maximum Gasteiger partial charge on any atom is 0.0704 e. The second-order valence-electron chi connectivity index (χ2n) is 3.40. The van der Waals surface area contributed by atoms with Crippen molar-refractivity contribution in [2.45, 2.75) is 32.3 Å². The topological polar surface area (TPSA) is 18.5 Å². The Labute approximate surface area is 68.9 Å². The van der Waals surface area contributed by atoms with Gasteiger partial charge in [-0.3, -0.25) is 0 Å². The van der Waals surface area contributed by atoms with Crippen molar-refractivity contribution in [3.8, 4) is 0 Å². The summed E-state index contributed by atoms with van der Waals surface area (Å²) >= 11 is 0. The molecule has 1 fully saturated rings. The molecule has 1 saturated carbocycles. The van der Waals surface area contributed by atoms with Gasteiger partial charge in [-0.05, 0) is 25.2 Å². The molecule has 0 saturated heterocycles. The number of methoxy groups -OCH3 is 1. The Balaban J connectivity index is 1.99. The molecule has 66 valence electrons. The number of hydrogen-bond donors (Lipinski definition) is 0. The van der Waals surface area contributed by atoms with Crippen LogP contribution in [0.3, 0.4) is 0 Å². The van der Waals surface area contributed by atoms with E-state index in [0.717, 1.165) is 19.1 Å². The fraction of sp³-hybridized carbons (Fsp3) is 1.00. The molecule has 0 N–H and O–H groups in total. The summed E-state index contributed by atoms with van der Waals surface area (Å²) in [4.78, 5) is 0. The fourth-order valence-corrected chi connectivity index (χ4v) is 1.60. The van der Waals surface area contributed by atoms with Crippen molar-refractivity contribution in [1.82, 2.24) is 0 Å². The highest BCUT2D eigenvalue weighted by atomic mass is 16.5. The predicted molar refractivity (Wildman–Crippen MR) is 44.6 cm³/mol. The SMILES string of the molecule is COCCO[C@H]1CCC(C)C1. The van der Waals surface area contributed by atoms with Crippen LogP contribution in [0.4, 0.5) is 0 Å². The maximum absolute atomic E-state index is 5.59. The molecule has 0 heterocycles. The van der Waals surface area contributed by atoms with E-state index in [-0.39, 0.29) is 0 Å². The lowest BCUT2D eigenvalue weighted by Gasteiger charge is -2.10. The Morgan fingerprint density at radius 3 is 2.64 bits per heavy atom. The number of rotatable bonds is 4. The summed E-state index contributed by atoms with van der Waals surface area (Å²) in [6.45, 7) is 3.78. The van der Waals surface area contributed by atoms with E-state index < -0.39 is 0 Å². The van der Waals surface area contributed by atoms with Crippen molar-refractivity contribution in [2.24, 2.45) is 5.92 Å². The summed E-state index contributed by atoms with van der Waals surface area (Å²) in [7, 11) is 1.71. The molecule has 0 aromatic heterocycles. The van der Waals surface area contributed by atoms with Crippen molar-refractivity contribution in [1.29, 1.82) is 0 Å². The molecule has 1 unspecified atom stereocenters. The Kier molecular flexibility index (Phi) is 3.87. The van der Waals surface area contributed by atoms with Crippen LogP contribution in [0, 0.1) is 5.92 Å². The van der Waals surface area contributed by atoms with Crippen LogP contribution in [0.1, 0.15) is 26.2 Å². The molecule has 0 spiro atoms. The van der Waals surface area contributed by atoms with Gasteiger partial charge in [0.15, 0.2) is 0 Å². The minimum Gasteiger partial charge on any atom is -0.382 e. The minimum absolute atomic E-state index is 0.514. The second-order valence-corrected chi connectivity index (χ2v) is 3.40. The first-order valence-electron chi connectivity index (χ1n) is 4.43. The van der Waals surface area contributed by atoms with E-state index in [1.54, 1.807) is 7.11 Å². The van der Waals surface area contributed by atoms with E-state index in [0.29, 0.717) is 6.10 Å². The molecule has 0 amide bonds. The zero-order chi connectivity index (χ0) is 8.10. The Hall–Kier alpha value is -0.0800. The third-order valence-electron chi connectivity index (χ3n) is 2.29. The normalized spacial score (nSPS) is 31.1. The molecule has 0 aliphatic heterocycles. The molecule has 2 nitrogen and oxygen atoms in total. The molecular formula is C9H18O2. The zero-order valence-electron chi connectivity index (χ0n) is 7.51. The minimum atomic E-state index is 0.514. The van der Waals surface area contributed by atoms with Gasteiger partial charge in [-0.2, -0.15) is 0 Å². The van der Waals surface area contributed by atoms with Crippen molar-refractivity contribution >= 4 is 0 Å². The first kappa shape index (κ1) is 9.01. The molecule has 1 aliphatic rings. The summed E-state index contributed by atoms with van der Waals surface area (Å²) in [6, 6.07) is 0. The van der Waals surface area contributed by atoms with Crippen LogP contribution in [-0.4, -0.2) is 26.4 Å². The summed E-state index contributed by atoms with van der Waals surface area (Å²) in [5, 5.41) is 0. The monoisotopic (exact) mass is 158 g/mol. The number of ether oxygens (including phenoxy) is 2. The van der Waals surface area contributed by atoms with Crippen molar-refractivity contribution in [3.63, 3.8) is 0 Å². The quantitative estimate of drug-likeness (QED) is 0.581. The highest BCUT2D eigenvalue weighted by Gasteiger charge is 2.21. The lowest BCUT2D eigenvalue weighted by molar-refractivity contribution is 0.0195. The van der Waals surface area contributed by atoms with E-state index in [2.05, 4.69) is 6.92 Å². The molecule has 1 rings (SSSR count). The fourth-order valence-electron chi connectivity index (χ4n) is 1.60. The average Bonchev–Trinajstić information content (AvgIpc) is 2.37. The Morgan fingerprint density at radius 1 is 1.27 bits per heavy atom. The van der Waals surface area contributed by atoms with E-state index in [1.165, 1.54) is 19.3 Å². The smallest absolute Gasteiger partial charge is 0.0704 e. The third-order valence-corrected chi connectivity index (χ3v) is 2.29. The summed E-state index contributed by atoms with van der Waals surface area (Å²) < 4.78 is 10.5. The molecule has 0 aromatic rings. The molecule has 0 aromatic carbocycles. The standard InChI is InChI=1S/C9H18O2/c1-8-3-4-9(7-8)11-6-5-10-2/h8-9H,3-7H2,1-2H3/t8?,9-/m0/s1. The molecular weight excluding hydrogens is 140 g/mol. The van der Waals surface area contributed by atoms with Gasteiger partial charge in [-0.15, -0.1) is 0 Å². The van der Waals surface area contributed by atoms with Crippen LogP contribution >= 0.6 is 0 Å². The van der Waals surface area contributed by atoms with E-state index in [9.17, 15) is 0 Å². The Bertz CT molecular complexity index is 104. The average molecular weight is 158 g/mol. The van der Waals surface area contributed by atoms with Crippen LogP contribution in [0.15, 0.2) is 0 Å². The van der Waals surface area contributed by atoms with Gasteiger partial charge >= 0.3 is 0 Å². The van der Waals surface area contributed by atoms with E-state index in [4.69, 9.17) is 9.47 Å². The lowest BCUT2D eigenvalue weighted by Crippen LogP contribution is -2.12. The predicted octanol–water partition coefficient (Wildman–Crippen LogP) is 1.84. The molecule has 2 heteroatoms. The van der Waals surface area contributed by atoms with Gasteiger partial charge in [0, 0.05) is 7.11 Å². The lowest BCUT2D eigenvalue weighted by atomic mass is 10.1. The van der Waals surface area contributed by atoms with Crippen molar-refractivity contribution in [3.05, 3.63) is 0 Å². The van der Waals surface area contributed by atoms with Gasteiger partial charge in [-0.25, -0.2) is 0 Å². The van der Waals surface area contributed by atoms with Crippen LogP contribution in [0.2, 0.25) is 0 Å². The van der Waals surface area contributed by atoms with Crippen LogP contribution in [-0.2, 0) is 9.47 Å². The van der Waals surface area contributed by atoms with Crippen LogP contribution in [0.25, 0.3) is 0 Å². The van der Waals surface area contributed by atoms with Crippen molar-refractivity contribution < 1.29 is 9.47 Å². The molecule has 0 radical (unpaired) electrons. The molecule has 1 aliphatic carbocycles. The van der Waals surface area contributed by atoms with Gasteiger partial charge < -0.3 is 9.47 Å². The first-order valence-corrected chi connectivity index (χ1v) is 4.43. The maximum atomic E-state index is 5.59. The summed E-state index contributed by atoms with van der Waals surface area (Å²) in [5.41, 5.74) is 0. The number of hydrogen-bond acceptors (Lipinski definition) is 2.